The Morgan fingerprint density at radius 1 is 1.56 bits per heavy atom. The van der Waals surface area contributed by atoms with Crippen LogP contribution in [0.2, 0.25) is 0 Å². The molecule has 0 aliphatic heterocycles. The molecule has 0 atom stereocenters. The first-order valence-electron chi connectivity index (χ1n) is 4.63. The van der Waals surface area contributed by atoms with Crippen LogP contribution in [0.15, 0.2) is 18.2 Å². The zero-order valence-corrected chi connectivity index (χ0v) is 8.79. The second-order valence-corrected chi connectivity index (χ2v) is 3.14. The molecule has 1 aromatic rings. The second kappa shape index (κ2) is 5.83. The summed E-state index contributed by atoms with van der Waals surface area (Å²) in [4.78, 5) is 10.8. The highest BCUT2D eigenvalue weighted by atomic mass is 19.1. The third-order valence-corrected chi connectivity index (χ3v) is 1.91. The van der Waals surface area contributed by atoms with Gasteiger partial charge in [-0.2, -0.15) is 5.26 Å². The number of rotatable bonds is 4. The molecule has 0 spiro atoms. The molecule has 0 amide bonds. The smallest absolute Gasteiger partial charge is 0.319 e. The highest BCUT2D eigenvalue weighted by Gasteiger charge is 2.02. The number of carbonyl (C=O) groups excluding carboxylic acids is 1. The Morgan fingerprint density at radius 2 is 2.31 bits per heavy atom. The van der Waals surface area contributed by atoms with Crippen LogP contribution in [-0.4, -0.2) is 19.6 Å². The van der Waals surface area contributed by atoms with Crippen LogP contribution < -0.4 is 5.32 Å². The fraction of sp³-hybridized carbons (Fsp3) is 0.273. The van der Waals surface area contributed by atoms with Gasteiger partial charge in [0.1, 0.15) is 5.82 Å². The molecule has 0 unspecified atom stereocenters. The minimum atomic E-state index is -0.464. The van der Waals surface area contributed by atoms with Crippen LogP contribution in [-0.2, 0) is 16.1 Å². The number of benzene rings is 1. The van der Waals surface area contributed by atoms with Crippen molar-refractivity contribution in [3.8, 4) is 6.07 Å². The van der Waals surface area contributed by atoms with E-state index in [1.54, 1.807) is 6.07 Å². The lowest BCUT2D eigenvalue weighted by molar-refractivity contribution is -0.139. The first-order valence-corrected chi connectivity index (χ1v) is 4.63. The molecule has 1 rings (SSSR count). The molecule has 0 aliphatic carbocycles. The van der Waals surface area contributed by atoms with Gasteiger partial charge in [0, 0.05) is 6.54 Å². The molecule has 0 fully saturated rings. The van der Waals surface area contributed by atoms with Crippen molar-refractivity contribution in [2.24, 2.45) is 0 Å². The molecule has 5 heteroatoms. The fourth-order valence-electron chi connectivity index (χ4n) is 1.20. The van der Waals surface area contributed by atoms with Gasteiger partial charge in [0.2, 0.25) is 0 Å². The summed E-state index contributed by atoms with van der Waals surface area (Å²) in [5.41, 5.74) is 0.871. The molecule has 16 heavy (non-hydrogen) atoms. The molecule has 84 valence electrons. The van der Waals surface area contributed by atoms with E-state index in [9.17, 15) is 9.18 Å². The van der Waals surface area contributed by atoms with Crippen LogP contribution in [0.5, 0.6) is 0 Å². The zero-order valence-electron chi connectivity index (χ0n) is 8.79. The Labute approximate surface area is 92.6 Å². The molecular formula is C11H11FN2O2. The first-order chi connectivity index (χ1) is 7.65. The number of hydrogen-bond donors (Lipinski definition) is 1. The monoisotopic (exact) mass is 222 g/mol. The lowest BCUT2D eigenvalue weighted by atomic mass is 10.1. The molecule has 0 aliphatic rings. The van der Waals surface area contributed by atoms with E-state index in [1.807, 2.05) is 6.07 Å². The van der Waals surface area contributed by atoms with E-state index in [0.29, 0.717) is 12.1 Å². The minimum Gasteiger partial charge on any atom is -0.468 e. The van der Waals surface area contributed by atoms with Crippen molar-refractivity contribution in [3.05, 3.63) is 35.1 Å². The SMILES string of the molecule is COC(=O)CNCc1cc(F)cc(C#N)c1. The Bertz CT molecular complexity index is 426. The Kier molecular flexibility index (Phi) is 4.42. The molecule has 0 saturated carbocycles. The number of nitrogens with one attached hydrogen (secondary N) is 1. The van der Waals surface area contributed by atoms with Crippen molar-refractivity contribution in [3.63, 3.8) is 0 Å². The molecule has 0 aromatic heterocycles. The Hall–Kier alpha value is -1.93. The predicted molar refractivity (Wildman–Crippen MR) is 54.8 cm³/mol. The average Bonchev–Trinajstić information content (AvgIpc) is 2.28. The van der Waals surface area contributed by atoms with E-state index in [0.717, 1.165) is 6.07 Å². The number of ether oxygens (including phenoxy) is 1. The number of carbonyl (C=O) groups is 1. The third kappa shape index (κ3) is 3.67. The molecule has 4 nitrogen and oxygen atoms in total. The fourth-order valence-corrected chi connectivity index (χ4v) is 1.20. The largest absolute Gasteiger partial charge is 0.468 e. The maximum absolute atomic E-state index is 13.0. The summed E-state index contributed by atoms with van der Waals surface area (Å²) in [5.74, 6) is -0.856. The summed E-state index contributed by atoms with van der Waals surface area (Å²) in [6.07, 6.45) is 0. The van der Waals surface area contributed by atoms with Crippen LogP contribution >= 0.6 is 0 Å². The van der Waals surface area contributed by atoms with E-state index in [-0.39, 0.29) is 12.1 Å². The number of nitrogens with zero attached hydrogens (tertiary/aromatic N) is 1. The normalized spacial score (nSPS) is 9.56. The summed E-state index contributed by atoms with van der Waals surface area (Å²) in [7, 11) is 1.29. The van der Waals surface area contributed by atoms with E-state index in [1.165, 1.54) is 13.2 Å². The predicted octanol–water partition coefficient (Wildman–Crippen LogP) is 0.960. The summed E-state index contributed by atoms with van der Waals surface area (Å²) < 4.78 is 17.4. The maximum atomic E-state index is 13.0. The lowest BCUT2D eigenvalue weighted by Crippen LogP contribution is -2.23. The van der Waals surface area contributed by atoms with Gasteiger partial charge in [-0.15, -0.1) is 0 Å². The summed E-state index contributed by atoms with van der Waals surface area (Å²) in [5, 5.41) is 11.4. The van der Waals surface area contributed by atoms with Crippen molar-refractivity contribution in [1.29, 1.82) is 5.26 Å². The van der Waals surface area contributed by atoms with E-state index < -0.39 is 11.8 Å². The van der Waals surface area contributed by atoms with Crippen molar-refractivity contribution >= 4 is 5.97 Å². The van der Waals surface area contributed by atoms with Gasteiger partial charge in [-0.05, 0) is 23.8 Å². The third-order valence-electron chi connectivity index (χ3n) is 1.91. The number of esters is 1. The Balaban J connectivity index is 2.57. The van der Waals surface area contributed by atoms with E-state index in [2.05, 4.69) is 10.1 Å². The van der Waals surface area contributed by atoms with Crippen LogP contribution in [0.1, 0.15) is 11.1 Å². The van der Waals surface area contributed by atoms with Crippen LogP contribution in [0.4, 0.5) is 4.39 Å². The molecule has 0 heterocycles. The van der Waals surface area contributed by atoms with Crippen molar-refractivity contribution < 1.29 is 13.9 Å². The second-order valence-electron chi connectivity index (χ2n) is 3.14. The summed E-state index contributed by atoms with van der Waals surface area (Å²) in [6.45, 7) is 0.358. The molecule has 0 saturated heterocycles. The van der Waals surface area contributed by atoms with E-state index >= 15 is 0 Å². The summed E-state index contributed by atoms with van der Waals surface area (Å²) in [6, 6.07) is 5.89. The quantitative estimate of drug-likeness (QED) is 0.771. The number of hydrogen-bond acceptors (Lipinski definition) is 4. The maximum Gasteiger partial charge on any atom is 0.319 e. The van der Waals surface area contributed by atoms with Crippen LogP contribution in [0.25, 0.3) is 0 Å². The zero-order chi connectivity index (χ0) is 12.0. The van der Waals surface area contributed by atoms with Gasteiger partial charge >= 0.3 is 5.97 Å². The van der Waals surface area contributed by atoms with Gasteiger partial charge in [-0.3, -0.25) is 4.79 Å². The topological polar surface area (TPSA) is 62.1 Å². The molecule has 0 bridgehead atoms. The molecule has 1 N–H and O–H groups in total. The van der Waals surface area contributed by atoms with Gasteiger partial charge in [-0.25, -0.2) is 4.39 Å². The van der Waals surface area contributed by atoms with E-state index in [4.69, 9.17) is 5.26 Å². The van der Waals surface area contributed by atoms with Gasteiger partial charge in [-0.1, -0.05) is 0 Å². The first kappa shape index (κ1) is 12.1. The van der Waals surface area contributed by atoms with Gasteiger partial charge < -0.3 is 10.1 Å². The minimum absolute atomic E-state index is 0.0505. The van der Waals surface area contributed by atoms with Crippen molar-refractivity contribution in [2.45, 2.75) is 6.54 Å². The average molecular weight is 222 g/mol. The standard InChI is InChI=1S/C11H11FN2O2/c1-16-11(15)7-14-6-9-2-8(5-13)3-10(12)4-9/h2-4,14H,6-7H2,1H3. The van der Waals surface area contributed by atoms with Crippen LogP contribution in [0.3, 0.4) is 0 Å². The highest BCUT2D eigenvalue weighted by Crippen LogP contribution is 2.08. The number of methoxy groups -OCH3 is 1. The van der Waals surface area contributed by atoms with Gasteiger partial charge in [0.05, 0.1) is 25.3 Å². The lowest BCUT2D eigenvalue weighted by Gasteiger charge is -2.04. The summed E-state index contributed by atoms with van der Waals surface area (Å²) >= 11 is 0. The molecule has 1 aromatic carbocycles. The van der Waals surface area contributed by atoms with Crippen LogP contribution in [0, 0.1) is 17.1 Å². The Morgan fingerprint density at radius 3 is 2.94 bits per heavy atom. The molecule has 0 radical (unpaired) electrons. The molecular weight excluding hydrogens is 211 g/mol. The highest BCUT2D eigenvalue weighted by molar-refractivity contribution is 5.71. The van der Waals surface area contributed by atoms with Gasteiger partial charge in [0.25, 0.3) is 0 Å². The number of nitriles is 1. The number of halogens is 1. The van der Waals surface area contributed by atoms with Crippen molar-refractivity contribution in [2.75, 3.05) is 13.7 Å². The van der Waals surface area contributed by atoms with Crippen molar-refractivity contribution in [1.82, 2.24) is 5.32 Å². The van der Waals surface area contributed by atoms with Gasteiger partial charge in [0.15, 0.2) is 0 Å².